The van der Waals surface area contributed by atoms with Crippen molar-refractivity contribution in [1.29, 1.82) is 0 Å². The van der Waals surface area contributed by atoms with Crippen molar-refractivity contribution in [2.24, 2.45) is 7.05 Å². The van der Waals surface area contributed by atoms with Crippen molar-refractivity contribution < 1.29 is 23.5 Å². The van der Waals surface area contributed by atoms with E-state index in [2.05, 4.69) is 10.1 Å². The molecule has 0 unspecified atom stereocenters. The molecule has 30 heavy (non-hydrogen) atoms. The van der Waals surface area contributed by atoms with Crippen LogP contribution in [0, 0.1) is 5.82 Å². The van der Waals surface area contributed by atoms with E-state index in [0.717, 1.165) is 11.0 Å². The van der Waals surface area contributed by atoms with Gasteiger partial charge in [0.1, 0.15) is 17.9 Å². The second-order valence-corrected chi connectivity index (χ2v) is 6.87. The Balaban J connectivity index is 1.60. The van der Waals surface area contributed by atoms with Gasteiger partial charge in [-0.2, -0.15) is 5.10 Å². The van der Waals surface area contributed by atoms with Gasteiger partial charge in [0, 0.05) is 18.7 Å². The standard InChI is InChI=1S/C21H13FN4O4/c1-25-17(23-10-24-25)8-16-18-11(6-12(22)7-15(18)21(29)30-16)9-26-19(27)13-4-2-3-5-14(13)20(26)28/h2-8,10H,9H2,1H3/b16-8-. The highest BCUT2D eigenvalue weighted by molar-refractivity contribution is 6.21. The lowest BCUT2D eigenvalue weighted by molar-refractivity contribution is 0.0640. The highest BCUT2D eigenvalue weighted by Crippen LogP contribution is 2.36. The van der Waals surface area contributed by atoms with Crippen LogP contribution < -0.4 is 0 Å². The number of esters is 1. The van der Waals surface area contributed by atoms with Gasteiger partial charge in [-0.1, -0.05) is 12.1 Å². The first-order chi connectivity index (χ1) is 14.4. The Morgan fingerprint density at radius 3 is 2.40 bits per heavy atom. The third-order valence-electron chi connectivity index (χ3n) is 5.07. The monoisotopic (exact) mass is 404 g/mol. The van der Waals surface area contributed by atoms with Gasteiger partial charge in [0.25, 0.3) is 11.8 Å². The third kappa shape index (κ3) is 2.63. The van der Waals surface area contributed by atoms with Crippen molar-refractivity contribution in [3.05, 3.63) is 82.2 Å². The summed E-state index contributed by atoms with van der Waals surface area (Å²) in [6.07, 6.45) is 2.84. The zero-order valence-electron chi connectivity index (χ0n) is 15.6. The van der Waals surface area contributed by atoms with Crippen LogP contribution in [-0.4, -0.2) is 37.4 Å². The fourth-order valence-corrected chi connectivity index (χ4v) is 3.65. The Morgan fingerprint density at radius 2 is 1.77 bits per heavy atom. The third-order valence-corrected chi connectivity index (χ3v) is 5.07. The summed E-state index contributed by atoms with van der Waals surface area (Å²) in [4.78, 5) is 42.9. The number of halogens is 1. The van der Waals surface area contributed by atoms with E-state index >= 15 is 0 Å². The van der Waals surface area contributed by atoms with Crippen LogP contribution in [0.1, 0.15) is 48.0 Å². The van der Waals surface area contributed by atoms with E-state index in [1.807, 2.05) is 0 Å². The molecule has 0 fully saturated rings. The second-order valence-electron chi connectivity index (χ2n) is 6.87. The predicted molar refractivity (Wildman–Crippen MR) is 101 cm³/mol. The Morgan fingerprint density at radius 1 is 1.07 bits per heavy atom. The number of imide groups is 1. The summed E-state index contributed by atoms with van der Waals surface area (Å²) < 4.78 is 21.1. The molecule has 5 rings (SSSR count). The molecule has 2 aliphatic heterocycles. The lowest BCUT2D eigenvalue weighted by Gasteiger charge is -2.16. The number of rotatable bonds is 3. The van der Waals surface area contributed by atoms with Gasteiger partial charge in [-0.05, 0) is 29.8 Å². The maximum atomic E-state index is 14.3. The summed E-state index contributed by atoms with van der Waals surface area (Å²) in [6, 6.07) is 8.73. The van der Waals surface area contributed by atoms with E-state index < -0.39 is 23.6 Å². The van der Waals surface area contributed by atoms with Gasteiger partial charge in [-0.3, -0.25) is 14.5 Å². The molecule has 2 aromatic carbocycles. The summed E-state index contributed by atoms with van der Waals surface area (Å²) in [7, 11) is 1.67. The molecule has 0 radical (unpaired) electrons. The Bertz CT molecular complexity index is 1260. The number of ether oxygens (including phenoxy) is 1. The van der Waals surface area contributed by atoms with Gasteiger partial charge in [0.05, 0.1) is 23.2 Å². The van der Waals surface area contributed by atoms with Crippen LogP contribution in [-0.2, 0) is 18.3 Å². The summed E-state index contributed by atoms with van der Waals surface area (Å²) in [5.74, 6) is -1.77. The molecule has 8 nitrogen and oxygen atoms in total. The number of carbonyl (C=O) groups excluding carboxylic acids is 3. The molecule has 0 saturated heterocycles. The van der Waals surface area contributed by atoms with Crippen LogP contribution in [0.5, 0.6) is 0 Å². The number of fused-ring (bicyclic) bond motifs is 2. The first kappa shape index (κ1) is 17.9. The van der Waals surface area contributed by atoms with Crippen LogP contribution in [0.15, 0.2) is 42.7 Å². The van der Waals surface area contributed by atoms with Crippen molar-refractivity contribution in [3.63, 3.8) is 0 Å². The van der Waals surface area contributed by atoms with Crippen LogP contribution in [0.4, 0.5) is 4.39 Å². The zero-order chi connectivity index (χ0) is 21.0. The Kier molecular flexibility index (Phi) is 3.85. The van der Waals surface area contributed by atoms with Gasteiger partial charge >= 0.3 is 5.97 Å². The first-order valence-electron chi connectivity index (χ1n) is 9.00. The molecule has 0 atom stereocenters. The van der Waals surface area contributed by atoms with Crippen molar-refractivity contribution >= 4 is 29.6 Å². The van der Waals surface area contributed by atoms with Gasteiger partial charge in [0.2, 0.25) is 0 Å². The second kappa shape index (κ2) is 6.45. The molecule has 0 N–H and O–H groups in total. The summed E-state index contributed by atoms with van der Waals surface area (Å²) >= 11 is 0. The van der Waals surface area contributed by atoms with E-state index in [-0.39, 0.29) is 34.6 Å². The van der Waals surface area contributed by atoms with E-state index in [1.165, 1.54) is 23.2 Å². The highest BCUT2D eigenvalue weighted by atomic mass is 19.1. The number of hydrogen-bond donors (Lipinski definition) is 0. The quantitative estimate of drug-likeness (QED) is 0.492. The molecular formula is C21H13FN4O4. The summed E-state index contributed by atoms with van der Waals surface area (Å²) in [6.45, 7) is -0.209. The number of aryl methyl sites for hydroxylation is 1. The van der Waals surface area contributed by atoms with Gasteiger partial charge in [-0.25, -0.2) is 18.9 Å². The minimum atomic E-state index is -0.721. The van der Waals surface area contributed by atoms with E-state index in [0.29, 0.717) is 11.4 Å². The predicted octanol–water partition coefficient (Wildman–Crippen LogP) is 2.42. The molecule has 1 aromatic heterocycles. The molecular weight excluding hydrogens is 391 g/mol. The lowest BCUT2D eigenvalue weighted by Crippen LogP contribution is -2.29. The number of carbonyl (C=O) groups is 3. The maximum Gasteiger partial charge on any atom is 0.344 e. The Labute approximate surface area is 169 Å². The summed E-state index contributed by atoms with van der Waals surface area (Å²) in [5.41, 5.74) is 1.20. The molecule has 148 valence electrons. The number of amides is 2. The van der Waals surface area contributed by atoms with E-state index in [9.17, 15) is 18.8 Å². The molecule has 9 heteroatoms. The van der Waals surface area contributed by atoms with Crippen LogP contribution in [0.2, 0.25) is 0 Å². The first-order valence-corrected chi connectivity index (χ1v) is 9.00. The van der Waals surface area contributed by atoms with Crippen molar-refractivity contribution in [2.45, 2.75) is 6.54 Å². The number of cyclic esters (lactones) is 1. The van der Waals surface area contributed by atoms with Crippen molar-refractivity contribution in [2.75, 3.05) is 0 Å². The molecule has 0 saturated carbocycles. The maximum absolute atomic E-state index is 14.3. The van der Waals surface area contributed by atoms with Crippen LogP contribution in [0.3, 0.4) is 0 Å². The van der Waals surface area contributed by atoms with Crippen LogP contribution >= 0.6 is 0 Å². The Hall–Kier alpha value is -4.14. The van der Waals surface area contributed by atoms with Crippen molar-refractivity contribution in [3.8, 4) is 0 Å². The number of hydrogen-bond acceptors (Lipinski definition) is 6. The average Bonchev–Trinajstić information content (AvgIpc) is 3.34. The molecule has 0 aliphatic carbocycles. The number of aromatic nitrogens is 3. The lowest BCUT2D eigenvalue weighted by atomic mass is 10.00. The zero-order valence-corrected chi connectivity index (χ0v) is 15.6. The topological polar surface area (TPSA) is 94.4 Å². The molecule has 2 amide bonds. The van der Waals surface area contributed by atoms with E-state index in [1.54, 1.807) is 31.3 Å². The molecule has 0 spiro atoms. The minimum absolute atomic E-state index is 0.0232. The highest BCUT2D eigenvalue weighted by Gasteiger charge is 2.37. The van der Waals surface area contributed by atoms with E-state index in [4.69, 9.17) is 4.74 Å². The molecule has 3 heterocycles. The largest absolute Gasteiger partial charge is 0.422 e. The molecule has 2 aliphatic rings. The number of benzene rings is 2. The van der Waals surface area contributed by atoms with Crippen molar-refractivity contribution in [1.82, 2.24) is 19.7 Å². The van der Waals surface area contributed by atoms with Gasteiger partial charge < -0.3 is 4.74 Å². The minimum Gasteiger partial charge on any atom is -0.422 e. The summed E-state index contributed by atoms with van der Waals surface area (Å²) in [5, 5.41) is 3.96. The normalized spacial score (nSPS) is 16.3. The fraction of sp³-hybridized carbons (Fsp3) is 0.0952. The molecule has 3 aromatic rings. The SMILES string of the molecule is Cn1ncnc1/C=C1\OC(=O)c2cc(F)cc(CN3C(=O)c4ccccc4C3=O)c21. The molecule has 0 bridgehead atoms. The average molecular weight is 404 g/mol. The fourth-order valence-electron chi connectivity index (χ4n) is 3.65. The smallest absolute Gasteiger partial charge is 0.344 e. The van der Waals surface area contributed by atoms with Crippen LogP contribution in [0.25, 0.3) is 11.8 Å². The van der Waals surface area contributed by atoms with Gasteiger partial charge in [-0.15, -0.1) is 0 Å². The van der Waals surface area contributed by atoms with Gasteiger partial charge in [0.15, 0.2) is 5.82 Å². The number of nitrogens with zero attached hydrogens (tertiary/aromatic N) is 4.